The van der Waals surface area contributed by atoms with E-state index >= 15 is 0 Å². The number of piperidine rings is 1. The van der Waals surface area contributed by atoms with E-state index in [0.29, 0.717) is 86.1 Å². The Morgan fingerprint density at radius 2 is 1.72 bits per heavy atom. The molecule has 3 aromatic heterocycles. The molecule has 0 radical (unpaired) electrons. The zero-order chi connectivity index (χ0) is 40.3. The Bertz CT molecular complexity index is 2130. The van der Waals surface area contributed by atoms with Crippen LogP contribution in [-0.4, -0.2) is 77.6 Å². The highest BCUT2D eigenvalue weighted by Crippen LogP contribution is 2.45. The summed E-state index contributed by atoms with van der Waals surface area (Å²) in [5.41, 5.74) is 4.19. The molecule has 2 atom stereocenters. The molecule has 0 spiro atoms. The Morgan fingerprint density at radius 3 is 2.42 bits per heavy atom. The standard InChI is InChI=1S/C41H45ClF3N7O5/c1-23(53)52-17-14-26(15-18-52)48-21-25-19-32(41(43,44)45)40(51-39(25)56-3)57-34-11-9-28-29(34)5-4-6-30(28)37-36(42)31(13-16-47-37)33-10-7-24(38(50-33)55-2)20-46-22-27-8-12-35(54)49-27/h4-7,10,13,16,19,26-27,34,46,48H,8-9,11-12,14-15,17-18,20-22H2,1-3H3,(H,49,54)/t27-,34+/m0/s1. The minimum atomic E-state index is -4.74. The third-order valence-electron chi connectivity index (χ3n) is 10.9. The van der Waals surface area contributed by atoms with Gasteiger partial charge in [0.25, 0.3) is 0 Å². The van der Waals surface area contributed by atoms with E-state index in [9.17, 15) is 22.8 Å². The van der Waals surface area contributed by atoms with E-state index in [1.165, 1.54) is 14.0 Å². The van der Waals surface area contributed by atoms with Gasteiger partial charge >= 0.3 is 6.18 Å². The molecule has 2 saturated heterocycles. The number of likely N-dealkylation sites (tertiary alicyclic amines) is 1. The molecule has 16 heteroatoms. The summed E-state index contributed by atoms with van der Waals surface area (Å²) < 4.78 is 61.0. The topological polar surface area (TPSA) is 140 Å². The number of nitrogens with one attached hydrogen (secondary N) is 3. The van der Waals surface area contributed by atoms with Crippen LogP contribution >= 0.6 is 11.6 Å². The van der Waals surface area contributed by atoms with Crippen molar-refractivity contribution in [1.29, 1.82) is 0 Å². The number of hydrogen-bond acceptors (Lipinski definition) is 10. The molecule has 0 saturated carbocycles. The number of aromatic nitrogens is 3. The monoisotopic (exact) mass is 807 g/mol. The van der Waals surface area contributed by atoms with Crippen molar-refractivity contribution >= 4 is 23.4 Å². The predicted molar refractivity (Wildman–Crippen MR) is 207 cm³/mol. The van der Waals surface area contributed by atoms with Gasteiger partial charge in [-0.3, -0.25) is 14.6 Å². The lowest BCUT2D eigenvalue weighted by Gasteiger charge is -2.32. The number of amides is 2. The number of rotatable bonds is 13. The molecular weight excluding hydrogens is 763 g/mol. The Kier molecular flexibility index (Phi) is 12.2. The van der Waals surface area contributed by atoms with Gasteiger partial charge in [-0.1, -0.05) is 35.9 Å². The molecule has 12 nitrogen and oxygen atoms in total. The van der Waals surface area contributed by atoms with Crippen molar-refractivity contribution in [3.8, 4) is 40.2 Å². The second-order valence-corrected chi connectivity index (χ2v) is 14.9. The number of fused-ring (bicyclic) bond motifs is 1. The molecule has 0 bridgehead atoms. The molecule has 1 aromatic carbocycles. The maximum atomic E-state index is 14.6. The van der Waals surface area contributed by atoms with Gasteiger partial charge in [-0.05, 0) is 61.4 Å². The molecular formula is C41H45ClF3N7O5. The van der Waals surface area contributed by atoms with Crippen LogP contribution in [0.15, 0.2) is 48.7 Å². The minimum Gasteiger partial charge on any atom is -0.481 e. The maximum absolute atomic E-state index is 14.6. The van der Waals surface area contributed by atoms with Crippen molar-refractivity contribution in [2.75, 3.05) is 33.9 Å². The number of halogens is 4. The van der Waals surface area contributed by atoms with Gasteiger partial charge in [-0.15, -0.1) is 0 Å². The zero-order valence-electron chi connectivity index (χ0n) is 32.0. The minimum absolute atomic E-state index is 0.00991. The van der Waals surface area contributed by atoms with E-state index in [0.717, 1.165) is 34.7 Å². The van der Waals surface area contributed by atoms with Gasteiger partial charge in [-0.25, -0.2) is 4.98 Å². The molecule has 302 valence electrons. The lowest BCUT2D eigenvalue weighted by Crippen LogP contribution is -2.44. The fraction of sp³-hybridized carbons (Fsp3) is 0.439. The summed E-state index contributed by atoms with van der Waals surface area (Å²) in [5.74, 6) is 0.000169. The molecule has 5 heterocycles. The van der Waals surface area contributed by atoms with Gasteiger partial charge < -0.3 is 35.1 Å². The first-order valence-corrected chi connectivity index (χ1v) is 19.4. The Balaban J connectivity index is 1.09. The highest BCUT2D eigenvalue weighted by molar-refractivity contribution is 6.35. The number of carbonyl (C=O) groups excluding carboxylic acids is 2. The summed E-state index contributed by atoms with van der Waals surface area (Å²) in [7, 11) is 2.92. The number of ether oxygens (including phenoxy) is 3. The summed E-state index contributed by atoms with van der Waals surface area (Å²) in [6.45, 7) is 3.94. The summed E-state index contributed by atoms with van der Waals surface area (Å²) in [6.07, 6.45) is -0.161. The number of methoxy groups -OCH3 is 2. The molecule has 3 N–H and O–H groups in total. The largest absolute Gasteiger partial charge is 0.481 e. The quantitative estimate of drug-likeness (QED) is 0.139. The smallest absolute Gasteiger partial charge is 0.421 e. The van der Waals surface area contributed by atoms with Crippen molar-refractivity contribution in [2.24, 2.45) is 0 Å². The van der Waals surface area contributed by atoms with E-state index in [2.05, 4.69) is 25.9 Å². The Labute approximate surface area is 333 Å². The van der Waals surface area contributed by atoms with Crippen molar-refractivity contribution in [2.45, 2.75) is 82.9 Å². The predicted octanol–water partition coefficient (Wildman–Crippen LogP) is 6.43. The van der Waals surface area contributed by atoms with Crippen LogP contribution in [0.25, 0.3) is 22.5 Å². The third kappa shape index (κ3) is 8.95. The van der Waals surface area contributed by atoms with Crippen molar-refractivity contribution < 1.29 is 37.0 Å². The second kappa shape index (κ2) is 17.2. The average molecular weight is 808 g/mol. The molecule has 3 aliphatic rings. The van der Waals surface area contributed by atoms with E-state index in [-0.39, 0.29) is 41.9 Å². The first kappa shape index (κ1) is 40.2. The fourth-order valence-electron chi connectivity index (χ4n) is 7.84. The summed E-state index contributed by atoms with van der Waals surface area (Å²) >= 11 is 7.07. The first-order valence-electron chi connectivity index (χ1n) is 19.0. The van der Waals surface area contributed by atoms with Gasteiger partial charge in [0, 0.05) is 86.6 Å². The molecule has 57 heavy (non-hydrogen) atoms. The van der Waals surface area contributed by atoms with Crippen LogP contribution in [0.4, 0.5) is 13.2 Å². The first-order chi connectivity index (χ1) is 27.4. The molecule has 2 aliphatic heterocycles. The molecule has 1 aliphatic carbocycles. The third-order valence-corrected chi connectivity index (χ3v) is 11.2. The summed E-state index contributed by atoms with van der Waals surface area (Å²) in [4.78, 5) is 38.7. The number of nitrogens with zero attached hydrogens (tertiary/aromatic N) is 4. The molecule has 2 fully saturated rings. The van der Waals surface area contributed by atoms with Crippen molar-refractivity contribution in [3.05, 3.63) is 81.5 Å². The zero-order valence-corrected chi connectivity index (χ0v) is 32.7. The van der Waals surface area contributed by atoms with E-state index in [1.54, 1.807) is 24.3 Å². The van der Waals surface area contributed by atoms with Crippen LogP contribution < -0.4 is 30.2 Å². The maximum Gasteiger partial charge on any atom is 0.421 e. The number of pyridine rings is 3. The van der Waals surface area contributed by atoms with Crippen LogP contribution in [0.5, 0.6) is 17.6 Å². The van der Waals surface area contributed by atoms with Gasteiger partial charge in [0.1, 0.15) is 11.7 Å². The second-order valence-electron chi connectivity index (χ2n) is 14.5. The van der Waals surface area contributed by atoms with Crippen LogP contribution in [0.1, 0.15) is 72.9 Å². The number of carbonyl (C=O) groups is 2. The Hall–Kier alpha value is -4.99. The fourth-order valence-corrected chi connectivity index (χ4v) is 8.15. The lowest BCUT2D eigenvalue weighted by molar-refractivity contribution is -0.139. The molecule has 7 rings (SSSR count). The molecule has 4 aromatic rings. The Morgan fingerprint density at radius 1 is 0.947 bits per heavy atom. The average Bonchev–Trinajstić information content (AvgIpc) is 3.82. The van der Waals surface area contributed by atoms with E-state index < -0.39 is 23.7 Å². The normalized spacial score (nSPS) is 18.4. The van der Waals surface area contributed by atoms with Crippen LogP contribution in [0, 0.1) is 0 Å². The highest BCUT2D eigenvalue weighted by Gasteiger charge is 2.39. The van der Waals surface area contributed by atoms with Gasteiger partial charge in [0.05, 0.1) is 30.6 Å². The van der Waals surface area contributed by atoms with E-state index in [1.807, 2.05) is 30.3 Å². The number of benzene rings is 1. The number of hydrogen-bond donors (Lipinski definition) is 3. The highest BCUT2D eigenvalue weighted by atomic mass is 35.5. The van der Waals surface area contributed by atoms with Crippen LogP contribution in [0.3, 0.4) is 0 Å². The van der Waals surface area contributed by atoms with E-state index in [4.69, 9.17) is 30.8 Å². The summed E-state index contributed by atoms with van der Waals surface area (Å²) in [6, 6.07) is 12.3. The number of alkyl halides is 3. The van der Waals surface area contributed by atoms with Gasteiger partial charge in [-0.2, -0.15) is 18.2 Å². The van der Waals surface area contributed by atoms with Gasteiger partial charge in [0.2, 0.25) is 29.5 Å². The van der Waals surface area contributed by atoms with Crippen LogP contribution in [-0.2, 0) is 35.3 Å². The van der Waals surface area contributed by atoms with Crippen LogP contribution in [0.2, 0.25) is 5.02 Å². The van der Waals surface area contributed by atoms with Crippen molar-refractivity contribution in [1.82, 2.24) is 35.8 Å². The van der Waals surface area contributed by atoms with Gasteiger partial charge in [0.15, 0.2) is 0 Å². The van der Waals surface area contributed by atoms with Crippen molar-refractivity contribution in [3.63, 3.8) is 0 Å². The SMILES string of the molecule is COc1nc(-c2ccnc(-c3cccc4c3CC[C@H]4Oc3nc(OC)c(CNC4CCN(C(C)=O)CC4)cc3C(F)(F)F)c2Cl)ccc1CNC[C@@H]1CCC(=O)N1. The molecule has 0 unspecified atom stereocenters. The molecule has 2 amide bonds. The summed E-state index contributed by atoms with van der Waals surface area (Å²) in [5, 5.41) is 9.99. The lowest BCUT2D eigenvalue weighted by atomic mass is 9.98.